The van der Waals surface area contributed by atoms with Crippen molar-refractivity contribution in [3.63, 3.8) is 0 Å². The first kappa shape index (κ1) is 23.9. The van der Waals surface area contributed by atoms with E-state index in [1.54, 1.807) is 26.0 Å². The number of carboxylic acids is 1. The van der Waals surface area contributed by atoms with Crippen LogP contribution in [0.15, 0.2) is 53.4 Å². The van der Waals surface area contributed by atoms with Crippen molar-refractivity contribution in [2.24, 2.45) is 5.92 Å². The molecule has 2 aromatic carbocycles. The van der Waals surface area contributed by atoms with E-state index < -0.39 is 34.1 Å². The molecule has 0 spiro atoms. The predicted molar refractivity (Wildman–Crippen MR) is 108 cm³/mol. The summed E-state index contributed by atoms with van der Waals surface area (Å²) < 4.78 is 64.0. The number of benzene rings is 2. The third-order valence-electron chi connectivity index (χ3n) is 4.56. The van der Waals surface area contributed by atoms with Crippen molar-refractivity contribution in [3.8, 4) is 11.1 Å². The van der Waals surface area contributed by atoms with Crippen molar-refractivity contribution < 1.29 is 31.5 Å². The van der Waals surface area contributed by atoms with Crippen LogP contribution in [0.5, 0.6) is 0 Å². The molecule has 30 heavy (non-hydrogen) atoms. The second-order valence-electron chi connectivity index (χ2n) is 7.58. The van der Waals surface area contributed by atoms with E-state index in [1.807, 2.05) is 0 Å². The van der Waals surface area contributed by atoms with Gasteiger partial charge in [0, 0.05) is 6.26 Å². The van der Waals surface area contributed by atoms with Crippen LogP contribution < -0.4 is 5.32 Å². The van der Waals surface area contributed by atoms with Gasteiger partial charge in [-0.3, -0.25) is 10.1 Å². The molecule has 0 heterocycles. The maximum absolute atomic E-state index is 13.6. The van der Waals surface area contributed by atoms with Crippen LogP contribution in [0.2, 0.25) is 0 Å². The molecule has 0 aliphatic heterocycles. The van der Waals surface area contributed by atoms with Crippen molar-refractivity contribution in [1.82, 2.24) is 5.32 Å². The summed E-state index contributed by atoms with van der Waals surface area (Å²) >= 11 is 0. The molecule has 0 bridgehead atoms. The lowest BCUT2D eigenvalue weighted by atomic mass is 9.98. The maximum Gasteiger partial charge on any atom is 0.407 e. The Bertz CT molecular complexity index is 969. The van der Waals surface area contributed by atoms with Crippen molar-refractivity contribution in [1.29, 1.82) is 0 Å². The average Bonchev–Trinajstić information content (AvgIpc) is 2.63. The van der Waals surface area contributed by atoms with Gasteiger partial charge in [0.15, 0.2) is 9.84 Å². The molecule has 2 aromatic rings. The van der Waals surface area contributed by atoms with Crippen LogP contribution >= 0.6 is 0 Å². The summed E-state index contributed by atoms with van der Waals surface area (Å²) in [5.41, 5.74) is 1.15. The zero-order valence-electron chi connectivity index (χ0n) is 16.8. The Morgan fingerprint density at radius 1 is 1.00 bits per heavy atom. The normalized spacial score (nSPS) is 14.5. The number of hydrogen-bond acceptors (Lipinski definition) is 4. The van der Waals surface area contributed by atoms with Crippen molar-refractivity contribution in [2.75, 3.05) is 6.26 Å². The first-order valence-electron chi connectivity index (χ1n) is 9.25. The van der Waals surface area contributed by atoms with E-state index in [1.165, 1.54) is 36.4 Å². The third-order valence-corrected chi connectivity index (χ3v) is 5.69. The fraction of sp³-hybridized carbons (Fsp3) is 0.381. The van der Waals surface area contributed by atoms with Gasteiger partial charge in [0.1, 0.15) is 12.1 Å². The smallest absolute Gasteiger partial charge is 0.407 e. The van der Waals surface area contributed by atoms with Crippen LogP contribution in [0.1, 0.15) is 31.9 Å². The number of halogens is 3. The molecule has 0 saturated carbocycles. The van der Waals surface area contributed by atoms with Crippen LogP contribution in [0.25, 0.3) is 11.1 Å². The summed E-state index contributed by atoms with van der Waals surface area (Å²) in [6.07, 6.45) is -3.53. The fourth-order valence-electron chi connectivity index (χ4n) is 3.06. The van der Waals surface area contributed by atoms with Gasteiger partial charge in [0.05, 0.1) is 4.90 Å². The Morgan fingerprint density at radius 3 is 1.83 bits per heavy atom. The van der Waals surface area contributed by atoms with E-state index in [9.17, 15) is 31.5 Å². The first-order valence-corrected chi connectivity index (χ1v) is 11.1. The molecule has 0 saturated heterocycles. The summed E-state index contributed by atoms with van der Waals surface area (Å²) in [5.74, 6) is -1.43. The molecule has 0 radical (unpaired) electrons. The molecule has 5 nitrogen and oxygen atoms in total. The summed E-state index contributed by atoms with van der Waals surface area (Å²) in [7, 11) is -3.34. The van der Waals surface area contributed by atoms with E-state index >= 15 is 0 Å². The summed E-state index contributed by atoms with van der Waals surface area (Å²) in [4.78, 5) is 11.5. The topological polar surface area (TPSA) is 83.5 Å². The van der Waals surface area contributed by atoms with E-state index in [-0.39, 0.29) is 22.8 Å². The summed E-state index contributed by atoms with van der Waals surface area (Å²) in [6, 6.07) is 8.12. The quantitative estimate of drug-likeness (QED) is 0.630. The van der Waals surface area contributed by atoms with Crippen LogP contribution in [-0.2, 0) is 14.6 Å². The minimum atomic E-state index is -4.68. The number of carbonyl (C=O) groups is 1. The van der Waals surface area contributed by atoms with Gasteiger partial charge in [-0.25, -0.2) is 8.42 Å². The van der Waals surface area contributed by atoms with Gasteiger partial charge in [-0.1, -0.05) is 50.2 Å². The number of alkyl halides is 3. The molecule has 0 aliphatic carbocycles. The number of aliphatic carboxylic acids is 1. The molecule has 2 atom stereocenters. The Kier molecular flexibility index (Phi) is 7.31. The molecule has 0 aromatic heterocycles. The van der Waals surface area contributed by atoms with Gasteiger partial charge in [0.2, 0.25) is 0 Å². The Balaban J connectivity index is 2.30. The molecule has 0 fully saturated rings. The molecule has 0 aliphatic rings. The standard InChI is InChI=1S/C21H24F3NO4S/c1-13(2)12-18(20(26)27)25-19(21(22,23)24)16-6-4-14(5-7-16)15-8-10-17(11-9-15)30(3,28)29/h4-11,13,18-19,25H,12H2,1-3H3,(H,26,27)/t18-,19+/m0/s1. The molecule has 2 N–H and O–H groups in total. The molecule has 9 heteroatoms. The van der Waals surface area contributed by atoms with Crippen molar-refractivity contribution in [3.05, 3.63) is 54.1 Å². The van der Waals surface area contributed by atoms with E-state index in [2.05, 4.69) is 5.32 Å². The van der Waals surface area contributed by atoms with Crippen LogP contribution in [-0.4, -0.2) is 38.0 Å². The van der Waals surface area contributed by atoms with Gasteiger partial charge in [-0.05, 0) is 41.2 Å². The van der Waals surface area contributed by atoms with Crippen molar-refractivity contribution in [2.45, 2.75) is 43.4 Å². The van der Waals surface area contributed by atoms with Crippen LogP contribution in [0, 0.1) is 5.92 Å². The minimum absolute atomic E-state index is 0.0622. The number of nitrogens with one attached hydrogen (secondary N) is 1. The highest BCUT2D eigenvalue weighted by atomic mass is 32.2. The Morgan fingerprint density at radius 2 is 1.47 bits per heavy atom. The highest BCUT2D eigenvalue weighted by Gasteiger charge is 2.42. The number of rotatable bonds is 8. The van der Waals surface area contributed by atoms with Gasteiger partial charge >= 0.3 is 12.1 Å². The average molecular weight is 443 g/mol. The molecular formula is C21H24F3NO4S. The van der Waals surface area contributed by atoms with E-state index in [4.69, 9.17) is 0 Å². The largest absolute Gasteiger partial charge is 0.480 e. The number of sulfone groups is 1. The second kappa shape index (κ2) is 9.18. The van der Waals surface area contributed by atoms with Gasteiger partial charge < -0.3 is 5.11 Å². The summed E-state index contributed by atoms with van der Waals surface area (Å²) in [5, 5.41) is 11.5. The molecule has 0 amide bonds. The van der Waals surface area contributed by atoms with E-state index in [0.717, 1.165) is 6.26 Å². The second-order valence-corrected chi connectivity index (χ2v) is 9.60. The molecule has 2 rings (SSSR count). The lowest BCUT2D eigenvalue weighted by molar-refractivity contribution is -0.163. The Labute approximate surface area is 173 Å². The van der Waals surface area contributed by atoms with Crippen LogP contribution in [0.4, 0.5) is 13.2 Å². The number of hydrogen-bond donors (Lipinski definition) is 2. The predicted octanol–water partition coefficient (Wildman–Crippen LogP) is 4.45. The fourth-order valence-corrected chi connectivity index (χ4v) is 3.69. The Hall–Kier alpha value is -2.39. The minimum Gasteiger partial charge on any atom is -0.480 e. The molecule has 0 unspecified atom stereocenters. The highest BCUT2D eigenvalue weighted by molar-refractivity contribution is 7.90. The first-order chi connectivity index (χ1) is 13.8. The third kappa shape index (κ3) is 6.30. The van der Waals surface area contributed by atoms with Gasteiger partial charge in [-0.15, -0.1) is 0 Å². The molecule has 164 valence electrons. The zero-order valence-corrected chi connectivity index (χ0v) is 17.6. The van der Waals surface area contributed by atoms with Gasteiger partial charge in [0.25, 0.3) is 0 Å². The lowest BCUT2D eigenvalue weighted by Gasteiger charge is -2.27. The maximum atomic E-state index is 13.6. The number of carboxylic acid groups (broad SMARTS) is 1. The summed E-state index contributed by atoms with van der Waals surface area (Å²) in [6.45, 7) is 3.48. The van der Waals surface area contributed by atoms with Crippen molar-refractivity contribution >= 4 is 15.8 Å². The lowest BCUT2D eigenvalue weighted by Crippen LogP contribution is -2.45. The van der Waals surface area contributed by atoms with E-state index in [0.29, 0.717) is 11.1 Å². The monoisotopic (exact) mass is 443 g/mol. The van der Waals surface area contributed by atoms with Crippen LogP contribution in [0.3, 0.4) is 0 Å². The van der Waals surface area contributed by atoms with Gasteiger partial charge in [-0.2, -0.15) is 13.2 Å². The highest BCUT2D eigenvalue weighted by Crippen LogP contribution is 2.34. The molecular weight excluding hydrogens is 419 g/mol. The SMILES string of the molecule is CC(C)C[C@H](N[C@H](c1ccc(-c2ccc(S(C)(=O)=O)cc2)cc1)C(F)(F)F)C(=O)O. The zero-order chi connectivity index (χ0) is 22.7.